The number of benzene rings is 2. The average Bonchev–Trinajstić information content (AvgIpc) is 2.67. The summed E-state index contributed by atoms with van der Waals surface area (Å²) in [6, 6.07) is 13.3. The standard InChI is InChI=1S/C21H23NO4S/c1-4-5-12-26-20-11-8-17(14-21(20)25-3)13-19(15-22)27(23,24)18-9-6-16(2)7-10-18/h6-11,13-14H,4-5,12H2,1-3H3. The third-order valence-corrected chi connectivity index (χ3v) is 5.65. The number of aryl methyl sites for hydroxylation is 1. The molecule has 0 N–H and O–H groups in total. The number of unbranched alkanes of at least 4 members (excludes halogenated alkanes) is 1. The van der Waals surface area contributed by atoms with E-state index in [9.17, 15) is 13.7 Å². The van der Waals surface area contributed by atoms with Gasteiger partial charge in [-0.15, -0.1) is 0 Å². The molecule has 0 atom stereocenters. The van der Waals surface area contributed by atoms with Crippen LogP contribution in [-0.4, -0.2) is 22.1 Å². The van der Waals surface area contributed by atoms with Crippen molar-refractivity contribution in [3.8, 4) is 17.6 Å². The Kier molecular flexibility index (Phi) is 7.03. The van der Waals surface area contributed by atoms with E-state index in [1.165, 1.54) is 25.3 Å². The maximum Gasteiger partial charge on any atom is 0.216 e. The second-order valence-electron chi connectivity index (χ2n) is 6.05. The molecule has 0 fully saturated rings. The van der Waals surface area contributed by atoms with Gasteiger partial charge in [-0.2, -0.15) is 5.26 Å². The van der Waals surface area contributed by atoms with Crippen molar-refractivity contribution in [1.82, 2.24) is 0 Å². The lowest BCUT2D eigenvalue weighted by molar-refractivity contribution is 0.288. The Bertz CT molecular complexity index is 955. The molecule has 0 radical (unpaired) electrons. The summed E-state index contributed by atoms with van der Waals surface area (Å²) in [5.41, 5.74) is 1.49. The Morgan fingerprint density at radius 3 is 2.44 bits per heavy atom. The molecular formula is C21H23NO4S. The minimum absolute atomic E-state index is 0.0902. The number of hydrogen-bond acceptors (Lipinski definition) is 5. The molecule has 0 unspecified atom stereocenters. The number of methoxy groups -OCH3 is 1. The average molecular weight is 385 g/mol. The summed E-state index contributed by atoms with van der Waals surface area (Å²) in [5, 5.41) is 9.41. The zero-order chi connectivity index (χ0) is 19.9. The number of nitrogens with zero attached hydrogens (tertiary/aromatic N) is 1. The lowest BCUT2D eigenvalue weighted by Gasteiger charge is -2.11. The number of nitriles is 1. The van der Waals surface area contributed by atoms with E-state index in [1.807, 2.05) is 6.92 Å². The van der Waals surface area contributed by atoms with Gasteiger partial charge >= 0.3 is 0 Å². The molecule has 0 bridgehead atoms. The molecule has 0 amide bonds. The second kappa shape index (κ2) is 9.24. The molecule has 0 saturated heterocycles. The number of hydrogen-bond donors (Lipinski definition) is 0. The minimum Gasteiger partial charge on any atom is -0.493 e. The summed E-state index contributed by atoms with van der Waals surface area (Å²) in [6.07, 6.45) is 3.29. The van der Waals surface area contributed by atoms with Crippen LogP contribution in [0.5, 0.6) is 11.5 Å². The van der Waals surface area contributed by atoms with Gasteiger partial charge in [-0.1, -0.05) is 37.1 Å². The highest BCUT2D eigenvalue weighted by molar-refractivity contribution is 7.95. The Hall–Kier alpha value is -2.78. The monoisotopic (exact) mass is 385 g/mol. The van der Waals surface area contributed by atoms with Crippen LogP contribution < -0.4 is 9.47 Å². The Morgan fingerprint density at radius 2 is 1.85 bits per heavy atom. The predicted molar refractivity (Wildman–Crippen MR) is 105 cm³/mol. The highest BCUT2D eigenvalue weighted by atomic mass is 32.2. The smallest absolute Gasteiger partial charge is 0.216 e. The molecule has 142 valence electrons. The van der Waals surface area contributed by atoms with E-state index in [2.05, 4.69) is 6.92 Å². The number of allylic oxidation sites excluding steroid dienone is 1. The third-order valence-electron chi connectivity index (χ3n) is 3.97. The molecule has 0 spiro atoms. The summed E-state index contributed by atoms with van der Waals surface area (Å²) >= 11 is 0. The Morgan fingerprint density at radius 1 is 1.15 bits per heavy atom. The van der Waals surface area contributed by atoms with Gasteiger partial charge in [0, 0.05) is 0 Å². The fraction of sp³-hybridized carbons (Fsp3) is 0.286. The van der Waals surface area contributed by atoms with Crippen LogP contribution in [0.1, 0.15) is 30.9 Å². The van der Waals surface area contributed by atoms with Gasteiger partial charge in [-0.25, -0.2) is 8.42 Å². The van der Waals surface area contributed by atoms with E-state index in [0.29, 0.717) is 23.7 Å². The molecule has 2 rings (SSSR count). The molecule has 6 heteroatoms. The normalized spacial score (nSPS) is 11.7. The predicted octanol–water partition coefficient (Wildman–Crippen LogP) is 4.52. The highest BCUT2D eigenvalue weighted by Gasteiger charge is 2.21. The van der Waals surface area contributed by atoms with Crippen LogP contribution in [0.2, 0.25) is 0 Å². The minimum atomic E-state index is -3.89. The molecule has 0 aromatic heterocycles. The summed E-state index contributed by atoms with van der Waals surface area (Å²) in [5.74, 6) is 1.08. The fourth-order valence-corrected chi connectivity index (χ4v) is 3.55. The zero-order valence-electron chi connectivity index (χ0n) is 15.7. The highest BCUT2D eigenvalue weighted by Crippen LogP contribution is 2.30. The van der Waals surface area contributed by atoms with Crippen molar-refractivity contribution in [3.05, 3.63) is 58.5 Å². The number of sulfone groups is 1. The second-order valence-corrected chi connectivity index (χ2v) is 7.97. The van der Waals surface area contributed by atoms with E-state index in [1.54, 1.807) is 36.4 Å². The van der Waals surface area contributed by atoms with Gasteiger partial charge in [0.05, 0.1) is 18.6 Å². The van der Waals surface area contributed by atoms with E-state index < -0.39 is 9.84 Å². The topological polar surface area (TPSA) is 76.4 Å². The third kappa shape index (κ3) is 5.11. The van der Waals surface area contributed by atoms with Gasteiger partial charge in [-0.3, -0.25) is 0 Å². The number of ether oxygens (including phenoxy) is 2. The first-order chi connectivity index (χ1) is 12.9. The Labute approximate surface area is 160 Å². The molecular weight excluding hydrogens is 362 g/mol. The van der Waals surface area contributed by atoms with Crippen LogP contribution >= 0.6 is 0 Å². The summed E-state index contributed by atoms with van der Waals surface area (Å²) in [6.45, 7) is 4.52. The summed E-state index contributed by atoms with van der Waals surface area (Å²) < 4.78 is 36.5. The summed E-state index contributed by atoms with van der Waals surface area (Å²) in [7, 11) is -2.37. The van der Waals surface area contributed by atoms with Crippen molar-refractivity contribution in [2.75, 3.05) is 13.7 Å². The summed E-state index contributed by atoms with van der Waals surface area (Å²) in [4.78, 5) is -0.236. The van der Waals surface area contributed by atoms with Crippen LogP contribution in [0, 0.1) is 18.3 Å². The van der Waals surface area contributed by atoms with Gasteiger partial charge in [0.1, 0.15) is 11.0 Å². The molecule has 0 heterocycles. The van der Waals surface area contributed by atoms with Gasteiger partial charge in [0.15, 0.2) is 11.5 Å². The quantitative estimate of drug-likeness (QED) is 0.493. The molecule has 5 nitrogen and oxygen atoms in total. The first-order valence-corrected chi connectivity index (χ1v) is 10.1. The molecule has 0 saturated carbocycles. The Balaban J connectivity index is 2.37. The van der Waals surface area contributed by atoms with Crippen LogP contribution in [0.15, 0.2) is 52.3 Å². The van der Waals surface area contributed by atoms with Gasteiger partial charge in [-0.05, 0) is 49.2 Å². The van der Waals surface area contributed by atoms with Crippen LogP contribution in [0.3, 0.4) is 0 Å². The van der Waals surface area contributed by atoms with Crippen molar-refractivity contribution in [2.45, 2.75) is 31.6 Å². The molecule has 0 aliphatic heterocycles. The largest absolute Gasteiger partial charge is 0.493 e. The molecule has 0 aliphatic rings. The van der Waals surface area contributed by atoms with E-state index in [-0.39, 0.29) is 9.80 Å². The molecule has 2 aromatic rings. The molecule has 0 aliphatic carbocycles. The number of rotatable bonds is 8. The first kappa shape index (κ1) is 20.5. The van der Waals surface area contributed by atoms with E-state index in [0.717, 1.165) is 18.4 Å². The fourth-order valence-electron chi connectivity index (χ4n) is 2.39. The van der Waals surface area contributed by atoms with Crippen LogP contribution in [0.25, 0.3) is 6.08 Å². The molecule has 27 heavy (non-hydrogen) atoms. The van der Waals surface area contributed by atoms with Gasteiger partial charge in [0.25, 0.3) is 0 Å². The van der Waals surface area contributed by atoms with Crippen LogP contribution in [-0.2, 0) is 9.84 Å². The van der Waals surface area contributed by atoms with Crippen molar-refractivity contribution < 1.29 is 17.9 Å². The van der Waals surface area contributed by atoms with Crippen molar-refractivity contribution in [1.29, 1.82) is 5.26 Å². The first-order valence-electron chi connectivity index (χ1n) is 8.66. The molecule has 2 aromatic carbocycles. The maximum atomic E-state index is 12.7. The maximum absolute atomic E-state index is 12.7. The van der Waals surface area contributed by atoms with E-state index >= 15 is 0 Å². The van der Waals surface area contributed by atoms with Gasteiger partial charge < -0.3 is 9.47 Å². The van der Waals surface area contributed by atoms with Crippen molar-refractivity contribution in [2.24, 2.45) is 0 Å². The van der Waals surface area contributed by atoms with Crippen molar-refractivity contribution >= 4 is 15.9 Å². The lowest BCUT2D eigenvalue weighted by Crippen LogP contribution is -2.03. The SMILES string of the molecule is CCCCOc1ccc(C=C(C#N)S(=O)(=O)c2ccc(C)cc2)cc1OC. The lowest BCUT2D eigenvalue weighted by atomic mass is 10.2. The van der Waals surface area contributed by atoms with Crippen molar-refractivity contribution in [3.63, 3.8) is 0 Å². The zero-order valence-corrected chi connectivity index (χ0v) is 16.5. The van der Waals surface area contributed by atoms with Crippen LogP contribution in [0.4, 0.5) is 0 Å². The van der Waals surface area contributed by atoms with E-state index in [4.69, 9.17) is 9.47 Å². The van der Waals surface area contributed by atoms with Gasteiger partial charge in [0.2, 0.25) is 9.84 Å².